The van der Waals surface area contributed by atoms with Crippen LogP contribution in [0.15, 0.2) is 58.3 Å². The molecule has 0 bridgehead atoms. The van der Waals surface area contributed by atoms with Crippen molar-refractivity contribution >= 4 is 11.8 Å². The molecule has 0 aliphatic heterocycles. The molecule has 2 rings (SSSR count). The van der Waals surface area contributed by atoms with Crippen LogP contribution in [-0.4, -0.2) is 5.11 Å². The van der Waals surface area contributed by atoms with E-state index in [1.54, 1.807) is 18.7 Å². The third kappa shape index (κ3) is 3.85. The van der Waals surface area contributed by atoms with Crippen molar-refractivity contribution in [1.82, 2.24) is 0 Å². The number of hydrogen-bond donors (Lipinski definition) is 1. The average Bonchev–Trinajstić information content (AvgIpc) is 2.40. The van der Waals surface area contributed by atoms with Crippen LogP contribution in [0.5, 0.6) is 0 Å². The highest BCUT2D eigenvalue weighted by Gasteiger charge is 2.03. The first-order chi connectivity index (χ1) is 9.06. The van der Waals surface area contributed by atoms with Gasteiger partial charge in [0.15, 0.2) is 0 Å². The summed E-state index contributed by atoms with van der Waals surface area (Å²) in [6.07, 6.45) is -0.399. The van der Waals surface area contributed by atoms with Crippen LogP contribution in [-0.2, 0) is 0 Å². The van der Waals surface area contributed by atoms with Gasteiger partial charge >= 0.3 is 0 Å². The zero-order valence-electron chi connectivity index (χ0n) is 11.6. The number of rotatable bonds is 4. The van der Waals surface area contributed by atoms with Crippen LogP contribution in [0.2, 0.25) is 0 Å². The molecule has 1 unspecified atom stereocenters. The standard InChI is InChI=1S/C17H20OS/c1-12(2)14-4-8-16(9-5-14)19-17-10-6-15(7-11-17)13(3)18/h4-13,18H,1-3H3. The highest BCUT2D eigenvalue weighted by atomic mass is 32.2. The van der Waals surface area contributed by atoms with Gasteiger partial charge in [-0.25, -0.2) is 0 Å². The van der Waals surface area contributed by atoms with Gasteiger partial charge in [0, 0.05) is 9.79 Å². The first kappa shape index (κ1) is 14.2. The monoisotopic (exact) mass is 272 g/mol. The van der Waals surface area contributed by atoms with Gasteiger partial charge in [0.05, 0.1) is 6.10 Å². The topological polar surface area (TPSA) is 20.2 Å². The van der Waals surface area contributed by atoms with Crippen molar-refractivity contribution in [3.05, 3.63) is 59.7 Å². The molecule has 0 radical (unpaired) electrons. The summed E-state index contributed by atoms with van der Waals surface area (Å²) < 4.78 is 0. The first-order valence-corrected chi connectivity index (χ1v) is 7.44. The SMILES string of the molecule is CC(C)c1ccc(Sc2ccc(C(C)O)cc2)cc1. The second-order valence-electron chi connectivity index (χ2n) is 5.07. The van der Waals surface area contributed by atoms with Gasteiger partial charge < -0.3 is 5.11 Å². The van der Waals surface area contributed by atoms with Crippen LogP contribution >= 0.6 is 11.8 Å². The lowest BCUT2D eigenvalue weighted by Crippen LogP contribution is -1.89. The highest BCUT2D eigenvalue weighted by molar-refractivity contribution is 7.99. The number of aliphatic hydroxyl groups is 1. The molecule has 0 saturated carbocycles. The number of benzene rings is 2. The Kier molecular flexibility index (Phi) is 4.67. The Morgan fingerprint density at radius 3 is 1.53 bits per heavy atom. The molecule has 0 spiro atoms. The predicted octanol–water partition coefficient (Wildman–Crippen LogP) is 5.01. The Balaban J connectivity index is 2.08. The molecule has 1 atom stereocenters. The molecule has 0 saturated heterocycles. The van der Waals surface area contributed by atoms with Crippen molar-refractivity contribution < 1.29 is 5.11 Å². The Morgan fingerprint density at radius 1 is 0.737 bits per heavy atom. The summed E-state index contributed by atoms with van der Waals surface area (Å²) in [6.45, 7) is 6.20. The minimum atomic E-state index is -0.399. The first-order valence-electron chi connectivity index (χ1n) is 6.62. The molecule has 100 valence electrons. The lowest BCUT2D eigenvalue weighted by molar-refractivity contribution is 0.199. The zero-order valence-corrected chi connectivity index (χ0v) is 12.4. The molecule has 2 heteroatoms. The summed E-state index contributed by atoms with van der Waals surface area (Å²) in [5.74, 6) is 0.573. The Bertz CT molecular complexity index is 462. The van der Waals surface area contributed by atoms with E-state index in [2.05, 4.69) is 50.2 Å². The smallest absolute Gasteiger partial charge is 0.0761 e. The minimum Gasteiger partial charge on any atom is -0.389 e. The molecule has 19 heavy (non-hydrogen) atoms. The Hall–Kier alpha value is -1.25. The van der Waals surface area contributed by atoms with Gasteiger partial charge in [0.1, 0.15) is 0 Å². The van der Waals surface area contributed by atoms with Crippen molar-refractivity contribution in [3.63, 3.8) is 0 Å². The van der Waals surface area contributed by atoms with E-state index >= 15 is 0 Å². The maximum Gasteiger partial charge on any atom is 0.0761 e. The molecule has 2 aromatic carbocycles. The normalized spacial score (nSPS) is 12.7. The van der Waals surface area contributed by atoms with Crippen molar-refractivity contribution in [1.29, 1.82) is 0 Å². The fourth-order valence-electron chi connectivity index (χ4n) is 1.87. The molecule has 0 heterocycles. The quantitative estimate of drug-likeness (QED) is 0.843. The van der Waals surface area contributed by atoms with Crippen LogP contribution < -0.4 is 0 Å². The van der Waals surface area contributed by atoms with Crippen molar-refractivity contribution in [2.45, 2.75) is 42.6 Å². The average molecular weight is 272 g/mol. The van der Waals surface area contributed by atoms with Crippen LogP contribution in [0.1, 0.15) is 43.9 Å². The molecule has 2 aromatic rings. The maximum absolute atomic E-state index is 9.48. The predicted molar refractivity (Wildman–Crippen MR) is 81.7 cm³/mol. The zero-order chi connectivity index (χ0) is 13.8. The fraction of sp³-hybridized carbons (Fsp3) is 0.294. The molecular formula is C17H20OS. The molecule has 0 fully saturated rings. The van der Waals surface area contributed by atoms with Crippen LogP contribution in [0.3, 0.4) is 0 Å². The highest BCUT2D eigenvalue weighted by Crippen LogP contribution is 2.29. The molecule has 0 aliphatic carbocycles. The number of hydrogen-bond acceptors (Lipinski definition) is 2. The van der Waals surface area contributed by atoms with E-state index in [9.17, 15) is 5.11 Å². The largest absolute Gasteiger partial charge is 0.389 e. The van der Waals surface area contributed by atoms with Gasteiger partial charge in [-0.2, -0.15) is 0 Å². The minimum absolute atomic E-state index is 0.399. The van der Waals surface area contributed by atoms with Gasteiger partial charge in [-0.15, -0.1) is 0 Å². The van der Waals surface area contributed by atoms with Crippen molar-refractivity contribution in [2.24, 2.45) is 0 Å². The fourth-order valence-corrected chi connectivity index (χ4v) is 2.69. The summed E-state index contributed by atoms with van der Waals surface area (Å²) in [5.41, 5.74) is 2.33. The van der Waals surface area contributed by atoms with Crippen LogP contribution in [0.25, 0.3) is 0 Å². The van der Waals surface area contributed by atoms with E-state index in [4.69, 9.17) is 0 Å². The lowest BCUT2D eigenvalue weighted by atomic mass is 10.0. The molecule has 1 nitrogen and oxygen atoms in total. The summed E-state index contributed by atoms with van der Waals surface area (Å²) in [7, 11) is 0. The number of aliphatic hydroxyl groups excluding tert-OH is 1. The van der Waals surface area contributed by atoms with E-state index in [1.807, 2.05) is 12.1 Å². The van der Waals surface area contributed by atoms with Gasteiger partial charge in [0.2, 0.25) is 0 Å². The van der Waals surface area contributed by atoms with E-state index < -0.39 is 6.10 Å². The molecule has 0 aliphatic rings. The van der Waals surface area contributed by atoms with Gasteiger partial charge in [-0.1, -0.05) is 49.9 Å². The molecule has 1 N–H and O–H groups in total. The van der Waals surface area contributed by atoms with Crippen molar-refractivity contribution in [3.8, 4) is 0 Å². The summed E-state index contributed by atoms with van der Waals surface area (Å²) >= 11 is 1.75. The van der Waals surface area contributed by atoms with E-state index in [-0.39, 0.29) is 0 Å². The second kappa shape index (κ2) is 6.27. The Labute approximate surface area is 119 Å². The van der Waals surface area contributed by atoms with E-state index in [0.717, 1.165) is 5.56 Å². The van der Waals surface area contributed by atoms with E-state index in [1.165, 1.54) is 15.4 Å². The van der Waals surface area contributed by atoms with Crippen molar-refractivity contribution in [2.75, 3.05) is 0 Å². The molecule has 0 aromatic heterocycles. The summed E-state index contributed by atoms with van der Waals surface area (Å²) in [4.78, 5) is 2.44. The summed E-state index contributed by atoms with van der Waals surface area (Å²) in [5, 5.41) is 9.48. The Morgan fingerprint density at radius 2 is 1.16 bits per heavy atom. The molecular weight excluding hydrogens is 252 g/mol. The third-order valence-electron chi connectivity index (χ3n) is 3.14. The van der Waals surface area contributed by atoms with Crippen LogP contribution in [0, 0.1) is 0 Å². The van der Waals surface area contributed by atoms with Gasteiger partial charge in [0.25, 0.3) is 0 Å². The van der Waals surface area contributed by atoms with E-state index in [0.29, 0.717) is 5.92 Å². The van der Waals surface area contributed by atoms with Gasteiger partial charge in [-0.3, -0.25) is 0 Å². The third-order valence-corrected chi connectivity index (χ3v) is 4.16. The lowest BCUT2D eigenvalue weighted by Gasteiger charge is -2.08. The summed E-state index contributed by atoms with van der Waals surface area (Å²) in [6, 6.07) is 16.8. The van der Waals surface area contributed by atoms with Crippen LogP contribution in [0.4, 0.5) is 0 Å². The maximum atomic E-state index is 9.48. The molecule has 0 amide bonds. The second-order valence-corrected chi connectivity index (χ2v) is 6.22. The van der Waals surface area contributed by atoms with Gasteiger partial charge in [-0.05, 0) is 48.2 Å².